The number of rotatable bonds is 9. The van der Waals surface area contributed by atoms with Crippen molar-refractivity contribution in [3.8, 4) is 28.1 Å². The molecule has 0 radical (unpaired) electrons. The molecule has 5 heterocycles. The lowest BCUT2D eigenvalue weighted by Gasteiger charge is -2.37. The summed E-state index contributed by atoms with van der Waals surface area (Å²) in [5.74, 6) is -2.14. The van der Waals surface area contributed by atoms with Gasteiger partial charge in [-0.1, -0.05) is 39.8 Å². The summed E-state index contributed by atoms with van der Waals surface area (Å²) in [7, 11) is 3.34. The number of nitrogens with one attached hydrogen (secondary N) is 3. The Labute approximate surface area is 387 Å². The van der Waals surface area contributed by atoms with E-state index in [2.05, 4.69) is 59.6 Å². The number of carbonyl (C=O) groups excluding carboxylic acids is 4. The Morgan fingerprint density at radius 2 is 1.88 bits per heavy atom. The van der Waals surface area contributed by atoms with Gasteiger partial charge in [-0.05, 0) is 111 Å². The lowest BCUT2D eigenvalue weighted by Crippen LogP contribution is -2.62. The first kappa shape index (κ1) is 47.2. The number of aryl methyl sites for hydroxylation is 1. The molecule has 3 amide bonds. The Balaban J connectivity index is 1.20. The number of carbonyl (C=O) groups is 4. The predicted octanol–water partition coefficient (Wildman–Crippen LogP) is 5.70. The Kier molecular flexibility index (Phi) is 13.9. The van der Waals surface area contributed by atoms with Gasteiger partial charge in [0, 0.05) is 74.3 Å². The van der Waals surface area contributed by atoms with Crippen molar-refractivity contribution in [1.29, 1.82) is 0 Å². The zero-order valence-corrected chi connectivity index (χ0v) is 39.7. The molecule has 8 rings (SSSR count). The fourth-order valence-electron chi connectivity index (χ4n) is 10.8. The van der Waals surface area contributed by atoms with Crippen molar-refractivity contribution in [2.24, 2.45) is 17.3 Å². The number of hydrazine groups is 1. The average molecular weight is 906 g/mol. The van der Waals surface area contributed by atoms with Gasteiger partial charge in [-0.25, -0.2) is 5.43 Å². The average Bonchev–Trinajstić information content (AvgIpc) is 3.87. The van der Waals surface area contributed by atoms with E-state index in [-0.39, 0.29) is 54.8 Å². The van der Waals surface area contributed by atoms with E-state index in [0.29, 0.717) is 57.5 Å². The van der Waals surface area contributed by atoms with Crippen LogP contribution < -0.4 is 16.1 Å². The first-order valence-electron chi connectivity index (χ1n) is 23.7. The van der Waals surface area contributed by atoms with Crippen molar-refractivity contribution < 1.29 is 38.5 Å². The highest BCUT2D eigenvalue weighted by molar-refractivity contribution is 5.96. The van der Waals surface area contributed by atoms with Gasteiger partial charge in [0.05, 0.1) is 42.7 Å². The molecule has 2 aromatic heterocycles. The highest BCUT2D eigenvalue weighted by atomic mass is 16.5. The number of esters is 1. The van der Waals surface area contributed by atoms with Crippen LogP contribution in [-0.4, -0.2) is 119 Å². The van der Waals surface area contributed by atoms with Crippen molar-refractivity contribution in [3.63, 3.8) is 0 Å². The molecule has 6 bridgehead atoms. The Hall–Kier alpha value is -5.35. The number of benzene rings is 2. The van der Waals surface area contributed by atoms with Crippen molar-refractivity contribution in [2.75, 3.05) is 40.5 Å². The number of cyclic esters (lactones) is 1. The Morgan fingerprint density at radius 3 is 2.64 bits per heavy atom. The number of pyridine rings is 1. The number of hydrogen-bond donors (Lipinski definition) is 4. The third kappa shape index (κ3) is 9.45. The van der Waals surface area contributed by atoms with Gasteiger partial charge in [0.15, 0.2) is 0 Å². The smallest absolute Gasteiger partial charge is 0.324 e. The van der Waals surface area contributed by atoms with Gasteiger partial charge in [-0.2, -0.15) is 0 Å². The summed E-state index contributed by atoms with van der Waals surface area (Å²) < 4.78 is 20.2. The number of hydrogen-bond acceptors (Lipinski definition) is 11. The number of fused-ring (bicyclic) bond motifs is 7. The quantitative estimate of drug-likeness (QED) is 0.152. The largest absolute Gasteiger partial charge is 0.508 e. The molecule has 354 valence electrons. The van der Waals surface area contributed by atoms with Gasteiger partial charge < -0.3 is 39.4 Å². The standard InChI is InChI=1S/C51H67N7O8/c1-9-57-41-16-14-32-26-37(41)38(46(57)35-12-10-18-52-43(35)30(4)64-8)27-51(5,6)28-66-50(63)39-13-11-20-58(55-39)49(62)40(24-31-22-33(32)25-34(59)23-31)54-47(60)45(29(2)3)56(7)48(61)36-15-17-42-44(36)53-19-21-65-42/h10,12,14,16,18,22-23,25-26,29-30,36,39-40,42,44-45,53,55,59H,9,11,13,15,17,19-21,24,27-28H2,1-8H3,(H,54,60)/t30-,36-,39-,40-,42+,44-,45-/m0/s1. The van der Waals surface area contributed by atoms with Crippen molar-refractivity contribution in [1.82, 2.24) is 35.5 Å². The molecule has 4 N–H and O–H groups in total. The Bertz CT molecular complexity index is 2470. The molecular weight excluding hydrogens is 839 g/mol. The minimum Gasteiger partial charge on any atom is -0.508 e. The van der Waals surface area contributed by atoms with E-state index in [1.54, 1.807) is 32.5 Å². The van der Waals surface area contributed by atoms with E-state index in [1.807, 2.05) is 39.0 Å². The number of nitrogens with zero attached hydrogens (tertiary/aromatic N) is 4. The first-order chi connectivity index (χ1) is 31.6. The molecule has 2 saturated heterocycles. The number of amides is 3. The van der Waals surface area contributed by atoms with Crippen LogP contribution in [0.2, 0.25) is 0 Å². The third-order valence-electron chi connectivity index (χ3n) is 14.1. The normalized spacial score (nSPS) is 24.3. The van der Waals surface area contributed by atoms with E-state index in [1.165, 1.54) is 9.91 Å². The van der Waals surface area contributed by atoms with Crippen LogP contribution in [0.15, 0.2) is 54.7 Å². The highest BCUT2D eigenvalue weighted by Gasteiger charge is 2.46. The molecular formula is C51H67N7O8. The summed E-state index contributed by atoms with van der Waals surface area (Å²) in [5.41, 5.74) is 9.70. The number of phenols is 1. The van der Waals surface area contributed by atoms with Gasteiger partial charge >= 0.3 is 5.97 Å². The van der Waals surface area contributed by atoms with E-state index < -0.39 is 41.3 Å². The minimum absolute atomic E-state index is 0.00993. The molecule has 0 unspecified atom stereocenters. The fraction of sp³-hybridized carbons (Fsp3) is 0.549. The molecule has 15 nitrogen and oxygen atoms in total. The number of likely N-dealkylation sites (N-methyl/N-ethyl adjacent to an activating group) is 1. The summed E-state index contributed by atoms with van der Waals surface area (Å²) in [6.07, 6.45) is 4.44. The maximum atomic E-state index is 14.8. The Morgan fingerprint density at radius 1 is 1.08 bits per heavy atom. The molecule has 2 aromatic carbocycles. The van der Waals surface area contributed by atoms with Gasteiger partial charge in [0.1, 0.15) is 23.9 Å². The molecule has 1 aliphatic carbocycles. The molecule has 1 saturated carbocycles. The van der Waals surface area contributed by atoms with Crippen LogP contribution in [0.25, 0.3) is 33.3 Å². The minimum atomic E-state index is -1.13. The molecule has 3 aliphatic heterocycles. The molecule has 0 spiro atoms. The second kappa shape index (κ2) is 19.5. The van der Waals surface area contributed by atoms with Gasteiger partial charge in [0.2, 0.25) is 11.8 Å². The summed E-state index contributed by atoms with van der Waals surface area (Å²) in [6, 6.07) is 12.7. The number of ether oxygens (including phenoxy) is 3. The molecule has 4 aliphatic rings. The van der Waals surface area contributed by atoms with Gasteiger partial charge in [-0.15, -0.1) is 0 Å². The van der Waals surface area contributed by atoms with E-state index >= 15 is 0 Å². The van der Waals surface area contributed by atoms with Crippen LogP contribution in [0.4, 0.5) is 0 Å². The van der Waals surface area contributed by atoms with Gasteiger partial charge in [0.25, 0.3) is 5.91 Å². The monoisotopic (exact) mass is 906 g/mol. The number of methoxy groups -OCH3 is 1. The SMILES string of the molecule is CCn1c(-c2cccnc2[C@H](C)OC)c2c3cc(ccc31)-c1cc(O)cc(c1)C[C@H](NC(=O)[C@H](C(C)C)N(C)C(=O)[C@H]1CC[C@H]3OCCN[C@@H]13)C(=O)N1CCC[C@H](N1)C(=O)OCC(C)(C)C2. The zero-order valence-electron chi connectivity index (χ0n) is 39.7. The molecule has 15 heteroatoms. The molecule has 66 heavy (non-hydrogen) atoms. The number of morpholine rings is 1. The van der Waals surface area contributed by atoms with Crippen LogP contribution in [0.3, 0.4) is 0 Å². The first-order valence-corrected chi connectivity index (χ1v) is 23.7. The van der Waals surface area contributed by atoms with E-state index in [9.17, 15) is 24.3 Å². The maximum Gasteiger partial charge on any atom is 0.324 e. The number of phenolic OH excluding ortho intramolecular Hbond substituents is 1. The molecule has 3 fully saturated rings. The lowest BCUT2D eigenvalue weighted by atomic mass is 9.84. The van der Waals surface area contributed by atoms with Crippen LogP contribution in [-0.2, 0) is 52.8 Å². The number of aromatic hydroxyl groups is 1. The van der Waals surface area contributed by atoms with Crippen molar-refractivity contribution in [2.45, 2.75) is 123 Å². The van der Waals surface area contributed by atoms with Crippen molar-refractivity contribution in [3.05, 3.63) is 71.5 Å². The lowest BCUT2D eigenvalue weighted by molar-refractivity contribution is -0.155. The summed E-state index contributed by atoms with van der Waals surface area (Å²) >= 11 is 0. The van der Waals surface area contributed by atoms with Crippen molar-refractivity contribution >= 4 is 34.6 Å². The summed E-state index contributed by atoms with van der Waals surface area (Å²) in [5, 5.41) is 20.3. The van der Waals surface area contributed by atoms with E-state index in [0.717, 1.165) is 51.0 Å². The van der Waals surface area contributed by atoms with Gasteiger partial charge in [-0.3, -0.25) is 29.2 Å². The second-order valence-corrected chi connectivity index (χ2v) is 19.7. The molecule has 7 atom stereocenters. The second-order valence-electron chi connectivity index (χ2n) is 19.7. The van der Waals surface area contributed by atoms with Crippen LogP contribution in [0, 0.1) is 17.3 Å². The topological polar surface area (TPSA) is 177 Å². The van der Waals surface area contributed by atoms with Crippen LogP contribution in [0.1, 0.15) is 90.2 Å². The number of aromatic nitrogens is 2. The molecule has 4 aromatic rings. The van der Waals surface area contributed by atoms with Crippen LogP contribution in [0.5, 0.6) is 5.75 Å². The van der Waals surface area contributed by atoms with E-state index in [4.69, 9.17) is 19.2 Å². The summed E-state index contributed by atoms with van der Waals surface area (Å²) in [4.78, 5) is 63.8. The highest BCUT2D eigenvalue weighted by Crippen LogP contribution is 2.42. The maximum absolute atomic E-state index is 14.8. The third-order valence-corrected chi connectivity index (χ3v) is 14.1. The predicted molar refractivity (Wildman–Crippen MR) is 251 cm³/mol. The summed E-state index contributed by atoms with van der Waals surface area (Å²) in [6.45, 7) is 14.4. The zero-order chi connectivity index (χ0) is 47.0. The van der Waals surface area contributed by atoms with Crippen LogP contribution >= 0.6 is 0 Å². The fourth-order valence-corrected chi connectivity index (χ4v) is 10.8.